The van der Waals surface area contributed by atoms with Crippen LogP contribution < -0.4 is 35.0 Å². The first-order chi connectivity index (χ1) is 9.62. The Labute approximate surface area is 154 Å². The van der Waals surface area contributed by atoms with Crippen LogP contribution in [0.25, 0.3) is 0 Å². The molecular weight excluding hydrogens is 301 g/mol. The van der Waals surface area contributed by atoms with Crippen molar-refractivity contribution in [1.29, 1.82) is 0 Å². The first-order valence-corrected chi connectivity index (χ1v) is 9.26. The molecule has 0 saturated heterocycles. The third-order valence-corrected chi connectivity index (χ3v) is 3.90. The van der Waals surface area contributed by atoms with Gasteiger partial charge in [0, 0.05) is 6.54 Å². The maximum Gasteiger partial charge on any atom is 1.00 e. The number of hydroxylamine groups is 1. The van der Waals surface area contributed by atoms with Crippen molar-refractivity contribution in [2.45, 2.75) is 78.1 Å². The molecule has 0 aliphatic carbocycles. The van der Waals surface area contributed by atoms with Crippen molar-refractivity contribution in [2.75, 3.05) is 13.2 Å². The van der Waals surface area contributed by atoms with Gasteiger partial charge in [-0.25, -0.2) is 4.18 Å². The fourth-order valence-corrected chi connectivity index (χ4v) is 2.53. The summed E-state index contributed by atoms with van der Waals surface area (Å²) in [5.74, 6) is 0. The van der Waals surface area contributed by atoms with E-state index in [0.29, 0.717) is 6.54 Å². The Kier molecular flexibility index (Phi) is 19.7. The van der Waals surface area contributed by atoms with Crippen molar-refractivity contribution in [3.8, 4) is 0 Å². The van der Waals surface area contributed by atoms with Crippen molar-refractivity contribution in [3.63, 3.8) is 0 Å². The Morgan fingerprint density at radius 1 is 0.857 bits per heavy atom. The Bertz CT molecular complexity index is 305. The van der Waals surface area contributed by atoms with Gasteiger partial charge in [-0.3, -0.25) is 0 Å². The average molecular weight is 333 g/mol. The van der Waals surface area contributed by atoms with E-state index in [1.54, 1.807) is 6.92 Å². The van der Waals surface area contributed by atoms with Crippen LogP contribution in [0.5, 0.6) is 0 Å². The summed E-state index contributed by atoms with van der Waals surface area (Å²) in [6, 6.07) is 0. The zero-order valence-corrected chi connectivity index (χ0v) is 16.8. The Morgan fingerprint density at radius 2 is 1.33 bits per heavy atom. The quantitative estimate of drug-likeness (QED) is 0.273. The zero-order valence-electron chi connectivity index (χ0n) is 15.0. The van der Waals surface area contributed by atoms with Gasteiger partial charge in [-0.05, 0) is 13.3 Å². The van der Waals surface area contributed by atoms with Crippen LogP contribution in [0.1, 0.15) is 79.5 Å². The van der Waals surface area contributed by atoms with Gasteiger partial charge in [-0.15, -0.1) is 0 Å². The number of nitrogens with one attached hydrogen (secondary N) is 1. The van der Waals surface area contributed by atoms with Crippen molar-refractivity contribution in [2.24, 2.45) is 0 Å². The van der Waals surface area contributed by atoms with Gasteiger partial charge in [0.2, 0.25) is 0 Å². The number of hydrogen-bond donors (Lipinski definition) is 1. The first-order valence-electron chi connectivity index (χ1n) is 7.93. The molecule has 0 rings (SSSR count). The molecule has 7 heteroatoms. The second kappa shape index (κ2) is 17.2. The van der Waals surface area contributed by atoms with E-state index in [1.165, 1.54) is 51.4 Å². The van der Waals surface area contributed by atoms with Gasteiger partial charge in [0.05, 0.1) is 6.61 Å². The molecule has 124 valence electrons. The minimum Gasteiger partial charge on any atom is -1.00 e. The maximum atomic E-state index is 11.0. The molecule has 21 heavy (non-hydrogen) atoms. The molecule has 0 unspecified atom stereocenters. The standard InChI is InChI=1S/C14H31NO4S.Na.H/c1-3-5-6-7-8-9-10-11-12-13-14-15-19-20(16,17)18-4-2;;/h15H,3-14H2,1-2H3;;/q;+1;-1. The summed E-state index contributed by atoms with van der Waals surface area (Å²) in [7, 11) is -3.86. The van der Waals surface area contributed by atoms with E-state index < -0.39 is 10.4 Å². The predicted molar refractivity (Wildman–Crippen MR) is 82.6 cm³/mol. The van der Waals surface area contributed by atoms with Crippen LogP contribution in [-0.4, -0.2) is 21.6 Å². The molecule has 0 radical (unpaired) electrons. The van der Waals surface area contributed by atoms with Crippen LogP contribution in [0.15, 0.2) is 0 Å². The molecule has 1 N–H and O–H groups in total. The zero-order chi connectivity index (χ0) is 15.1. The Balaban J connectivity index is -0.00000180. The average Bonchev–Trinajstić information content (AvgIpc) is 2.40. The Morgan fingerprint density at radius 3 is 1.81 bits per heavy atom. The molecule has 0 aromatic rings. The molecule has 0 spiro atoms. The van der Waals surface area contributed by atoms with Crippen LogP contribution in [-0.2, 0) is 18.9 Å². The minimum absolute atomic E-state index is 0. The smallest absolute Gasteiger partial charge is 1.00 e. The molecule has 0 aromatic heterocycles. The van der Waals surface area contributed by atoms with E-state index in [0.717, 1.165) is 12.8 Å². The van der Waals surface area contributed by atoms with E-state index in [-0.39, 0.29) is 37.6 Å². The van der Waals surface area contributed by atoms with Gasteiger partial charge in [-0.1, -0.05) is 64.7 Å². The van der Waals surface area contributed by atoms with E-state index in [4.69, 9.17) is 0 Å². The largest absolute Gasteiger partial charge is 1.00 e. The predicted octanol–water partition coefficient (Wildman–Crippen LogP) is 0.826. The van der Waals surface area contributed by atoms with Gasteiger partial charge in [0.1, 0.15) is 0 Å². The molecular formula is C14H32NNaO4S. The van der Waals surface area contributed by atoms with Crippen LogP contribution >= 0.6 is 0 Å². The number of rotatable bonds is 15. The van der Waals surface area contributed by atoms with Gasteiger partial charge in [0.25, 0.3) is 0 Å². The van der Waals surface area contributed by atoms with Crippen molar-refractivity contribution in [1.82, 2.24) is 5.48 Å². The summed E-state index contributed by atoms with van der Waals surface area (Å²) >= 11 is 0. The molecule has 0 amide bonds. The molecule has 0 bridgehead atoms. The molecule has 0 aliphatic heterocycles. The van der Waals surface area contributed by atoms with Gasteiger partial charge < -0.3 is 1.43 Å². The van der Waals surface area contributed by atoms with Crippen molar-refractivity contribution in [3.05, 3.63) is 0 Å². The minimum atomic E-state index is -3.86. The third kappa shape index (κ3) is 18.8. The first kappa shape index (κ1) is 24.1. The van der Waals surface area contributed by atoms with E-state index in [1.807, 2.05) is 0 Å². The summed E-state index contributed by atoms with van der Waals surface area (Å²) in [4.78, 5) is 0. The topological polar surface area (TPSA) is 64.6 Å². The van der Waals surface area contributed by atoms with Crippen LogP contribution in [0, 0.1) is 0 Å². The third-order valence-electron chi connectivity index (χ3n) is 3.06. The molecule has 0 aliphatic rings. The fourth-order valence-electron chi connectivity index (χ4n) is 1.97. The molecule has 0 saturated carbocycles. The molecule has 0 aromatic carbocycles. The van der Waals surface area contributed by atoms with Crippen LogP contribution in [0.2, 0.25) is 0 Å². The molecule has 5 nitrogen and oxygen atoms in total. The van der Waals surface area contributed by atoms with Gasteiger partial charge in [-0.2, -0.15) is 18.2 Å². The second-order valence-electron chi connectivity index (χ2n) is 4.97. The van der Waals surface area contributed by atoms with E-state index in [9.17, 15) is 8.42 Å². The van der Waals surface area contributed by atoms with E-state index in [2.05, 4.69) is 20.9 Å². The van der Waals surface area contributed by atoms with Crippen LogP contribution in [0.3, 0.4) is 0 Å². The second-order valence-corrected chi connectivity index (χ2v) is 6.19. The molecule has 0 fully saturated rings. The van der Waals surface area contributed by atoms with Crippen molar-refractivity contribution >= 4 is 10.4 Å². The van der Waals surface area contributed by atoms with Crippen molar-refractivity contribution < 1.29 is 47.9 Å². The normalized spacial score (nSPS) is 11.3. The number of unbranched alkanes of at least 4 members (excludes halogenated alkanes) is 9. The van der Waals surface area contributed by atoms with Gasteiger partial charge >= 0.3 is 40.0 Å². The summed E-state index contributed by atoms with van der Waals surface area (Å²) in [5.41, 5.74) is 2.42. The SMILES string of the molecule is CCCCCCCCCCCCNOS(=O)(=O)OCC.[H-].[Na+]. The van der Waals surface area contributed by atoms with Crippen LogP contribution in [0.4, 0.5) is 0 Å². The Hall–Kier alpha value is 0.830. The van der Waals surface area contributed by atoms with E-state index >= 15 is 0 Å². The molecule has 0 atom stereocenters. The number of hydrogen-bond acceptors (Lipinski definition) is 5. The van der Waals surface area contributed by atoms with Gasteiger partial charge in [0.15, 0.2) is 0 Å². The summed E-state index contributed by atoms with van der Waals surface area (Å²) < 4.78 is 30.9. The summed E-state index contributed by atoms with van der Waals surface area (Å²) in [6.45, 7) is 4.45. The summed E-state index contributed by atoms with van der Waals surface area (Å²) in [6.07, 6.45) is 12.5. The monoisotopic (exact) mass is 333 g/mol. The summed E-state index contributed by atoms with van der Waals surface area (Å²) in [5, 5.41) is 0. The maximum absolute atomic E-state index is 11.0. The molecule has 0 heterocycles. The fraction of sp³-hybridized carbons (Fsp3) is 1.00.